The van der Waals surface area contributed by atoms with E-state index in [0.29, 0.717) is 11.2 Å². The molecular formula is C10H13N3OS. The van der Waals surface area contributed by atoms with Crippen LogP contribution in [-0.4, -0.2) is 27.2 Å². The number of hydrogen-bond donors (Lipinski definition) is 1. The summed E-state index contributed by atoms with van der Waals surface area (Å²) in [4.78, 5) is 19.7. The molecule has 1 amide bonds. The third-order valence-electron chi connectivity index (χ3n) is 2.12. The Morgan fingerprint density at radius 3 is 2.80 bits per heavy atom. The first-order valence-corrected chi connectivity index (χ1v) is 5.88. The van der Waals surface area contributed by atoms with Crippen molar-refractivity contribution in [1.29, 1.82) is 0 Å². The molecule has 4 nitrogen and oxygen atoms in total. The summed E-state index contributed by atoms with van der Waals surface area (Å²) < 4.78 is 0. The van der Waals surface area contributed by atoms with Gasteiger partial charge in [-0.2, -0.15) is 0 Å². The van der Waals surface area contributed by atoms with Gasteiger partial charge in [0.1, 0.15) is 0 Å². The van der Waals surface area contributed by atoms with Gasteiger partial charge in [0, 0.05) is 18.4 Å². The molecule has 1 aromatic heterocycles. The molecule has 0 radical (unpaired) electrons. The zero-order valence-electron chi connectivity index (χ0n) is 8.51. The molecule has 1 saturated carbocycles. The second-order valence-corrected chi connectivity index (χ2v) is 4.88. The Labute approximate surface area is 92.9 Å². The van der Waals surface area contributed by atoms with E-state index in [-0.39, 0.29) is 11.2 Å². The SMILES string of the molecule is C[C@H](Sc1ncccn1)C(=O)NC1CC1. The minimum Gasteiger partial charge on any atom is -0.352 e. The van der Waals surface area contributed by atoms with E-state index in [1.165, 1.54) is 11.8 Å². The van der Waals surface area contributed by atoms with Gasteiger partial charge in [-0.05, 0) is 25.8 Å². The maximum atomic E-state index is 11.6. The van der Waals surface area contributed by atoms with Gasteiger partial charge in [-0.3, -0.25) is 4.79 Å². The topological polar surface area (TPSA) is 54.9 Å². The van der Waals surface area contributed by atoms with Gasteiger partial charge in [-0.1, -0.05) is 11.8 Å². The van der Waals surface area contributed by atoms with Crippen molar-refractivity contribution in [2.45, 2.75) is 36.2 Å². The van der Waals surface area contributed by atoms with Crippen LogP contribution in [0.15, 0.2) is 23.6 Å². The van der Waals surface area contributed by atoms with E-state index < -0.39 is 0 Å². The highest BCUT2D eigenvalue weighted by Crippen LogP contribution is 2.22. The highest BCUT2D eigenvalue weighted by atomic mass is 32.2. The number of nitrogens with one attached hydrogen (secondary N) is 1. The third-order valence-corrected chi connectivity index (χ3v) is 3.11. The highest BCUT2D eigenvalue weighted by molar-refractivity contribution is 8.00. The average molecular weight is 223 g/mol. The lowest BCUT2D eigenvalue weighted by Gasteiger charge is -2.09. The highest BCUT2D eigenvalue weighted by Gasteiger charge is 2.26. The number of carbonyl (C=O) groups is 1. The Bertz CT molecular complexity index is 340. The van der Waals surface area contributed by atoms with Crippen molar-refractivity contribution in [3.63, 3.8) is 0 Å². The van der Waals surface area contributed by atoms with Crippen LogP contribution in [0.4, 0.5) is 0 Å². The number of nitrogens with zero attached hydrogens (tertiary/aromatic N) is 2. The Hall–Kier alpha value is -1.10. The fourth-order valence-corrected chi connectivity index (χ4v) is 1.84. The molecule has 0 aromatic carbocycles. The van der Waals surface area contributed by atoms with Crippen LogP contribution in [0, 0.1) is 0 Å². The summed E-state index contributed by atoms with van der Waals surface area (Å²) in [7, 11) is 0. The molecule has 0 unspecified atom stereocenters. The van der Waals surface area contributed by atoms with Crippen LogP contribution >= 0.6 is 11.8 Å². The van der Waals surface area contributed by atoms with Gasteiger partial charge >= 0.3 is 0 Å². The van der Waals surface area contributed by atoms with E-state index in [1.807, 2.05) is 6.92 Å². The van der Waals surface area contributed by atoms with Gasteiger partial charge in [0.15, 0.2) is 5.16 Å². The van der Waals surface area contributed by atoms with E-state index in [1.54, 1.807) is 18.5 Å². The van der Waals surface area contributed by atoms with Crippen LogP contribution in [0.1, 0.15) is 19.8 Å². The Morgan fingerprint density at radius 2 is 2.20 bits per heavy atom. The minimum atomic E-state index is -0.131. The molecule has 1 atom stereocenters. The van der Waals surface area contributed by atoms with Crippen LogP contribution in [0.3, 0.4) is 0 Å². The van der Waals surface area contributed by atoms with Crippen LogP contribution in [0.5, 0.6) is 0 Å². The van der Waals surface area contributed by atoms with Crippen molar-refractivity contribution in [2.75, 3.05) is 0 Å². The van der Waals surface area contributed by atoms with Crippen LogP contribution < -0.4 is 5.32 Å². The van der Waals surface area contributed by atoms with Gasteiger partial charge in [0.25, 0.3) is 0 Å². The Kier molecular flexibility index (Phi) is 3.20. The first-order chi connectivity index (χ1) is 7.25. The minimum absolute atomic E-state index is 0.0787. The summed E-state index contributed by atoms with van der Waals surface area (Å²) in [5.74, 6) is 0.0787. The summed E-state index contributed by atoms with van der Waals surface area (Å²) >= 11 is 1.39. The molecule has 1 fully saturated rings. The number of thioether (sulfide) groups is 1. The van der Waals surface area contributed by atoms with Crippen LogP contribution in [0.25, 0.3) is 0 Å². The first kappa shape index (κ1) is 10.4. The van der Waals surface area contributed by atoms with Crippen molar-refractivity contribution in [1.82, 2.24) is 15.3 Å². The summed E-state index contributed by atoms with van der Waals surface area (Å²) in [5.41, 5.74) is 0. The predicted octanol–water partition coefficient (Wildman–Crippen LogP) is 1.24. The number of hydrogen-bond acceptors (Lipinski definition) is 4. The largest absolute Gasteiger partial charge is 0.352 e. The van der Waals surface area contributed by atoms with Crippen molar-refractivity contribution in [3.8, 4) is 0 Å². The van der Waals surface area contributed by atoms with E-state index in [4.69, 9.17) is 0 Å². The maximum Gasteiger partial charge on any atom is 0.233 e. The van der Waals surface area contributed by atoms with Crippen LogP contribution in [-0.2, 0) is 4.79 Å². The average Bonchev–Trinajstić information content (AvgIpc) is 3.03. The van der Waals surface area contributed by atoms with Crippen molar-refractivity contribution in [3.05, 3.63) is 18.5 Å². The lowest BCUT2D eigenvalue weighted by Crippen LogP contribution is -2.32. The molecule has 1 aromatic rings. The zero-order chi connectivity index (χ0) is 10.7. The summed E-state index contributed by atoms with van der Waals surface area (Å²) in [6, 6.07) is 2.18. The molecule has 2 rings (SSSR count). The summed E-state index contributed by atoms with van der Waals surface area (Å²) in [6.45, 7) is 1.87. The normalized spacial score (nSPS) is 17.1. The lowest BCUT2D eigenvalue weighted by molar-refractivity contribution is -0.120. The van der Waals surface area contributed by atoms with E-state index in [2.05, 4.69) is 15.3 Å². The van der Waals surface area contributed by atoms with E-state index in [0.717, 1.165) is 12.8 Å². The van der Waals surface area contributed by atoms with Crippen molar-refractivity contribution < 1.29 is 4.79 Å². The van der Waals surface area contributed by atoms with Gasteiger partial charge < -0.3 is 5.32 Å². The number of rotatable bonds is 4. The Balaban J connectivity index is 1.85. The van der Waals surface area contributed by atoms with Gasteiger partial charge in [-0.15, -0.1) is 0 Å². The van der Waals surface area contributed by atoms with Crippen molar-refractivity contribution >= 4 is 17.7 Å². The quantitative estimate of drug-likeness (QED) is 0.616. The predicted molar refractivity (Wildman–Crippen MR) is 58.5 cm³/mol. The van der Waals surface area contributed by atoms with Gasteiger partial charge in [0.05, 0.1) is 5.25 Å². The monoisotopic (exact) mass is 223 g/mol. The first-order valence-electron chi connectivity index (χ1n) is 5.00. The third kappa shape index (κ3) is 3.20. The molecule has 80 valence electrons. The van der Waals surface area contributed by atoms with Gasteiger partial charge in [0.2, 0.25) is 5.91 Å². The molecule has 0 aliphatic heterocycles. The number of carbonyl (C=O) groups excluding carboxylic acids is 1. The van der Waals surface area contributed by atoms with Crippen LogP contribution in [0.2, 0.25) is 0 Å². The summed E-state index contributed by atoms with van der Waals surface area (Å²) in [6.07, 6.45) is 5.59. The van der Waals surface area contributed by atoms with Gasteiger partial charge in [-0.25, -0.2) is 9.97 Å². The molecule has 0 bridgehead atoms. The standard InChI is InChI=1S/C10H13N3OS/c1-7(9(14)13-8-3-4-8)15-10-11-5-2-6-12-10/h2,5-8H,3-4H2,1H3,(H,13,14)/t7-/m0/s1. The molecule has 1 N–H and O–H groups in total. The summed E-state index contributed by atoms with van der Waals surface area (Å²) in [5, 5.41) is 3.48. The zero-order valence-corrected chi connectivity index (χ0v) is 9.33. The molecule has 1 aliphatic carbocycles. The molecule has 5 heteroatoms. The Morgan fingerprint density at radius 1 is 1.53 bits per heavy atom. The van der Waals surface area contributed by atoms with Crippen molar-refractivity contribution in [2.24, 2.45) is 0 Å². The number of aromatic nitrogens is 2. The van der Waals surface area contributed by atoms with E-state index in [9.17, 15) is 4.79 Å². The molecular weight excluding hydrogens is 210 g/mol. The molecule has 1 heterocycles. The molecule has 0 spiro atoms. The second kappa shape index (κ2) is 4.61. The number of amides is 1. The molecule has 1 aliphatic rings. The second-order valence-electron chi connectivity index (χ2n) is 3.57. The molecule has 15 heavy (non-hydrogen) atoms. The lowest BCUT2D eigenvalue weighted by atomic mass is 10.4. The van der Waals surface area contributed by atoms with E-state index >= 15 is 0 Å². The fourth-order valence-electron chi connectivity index (χ4n) is 1.10. The molecule has 0 saturated heterocycles. The maximum absolute atomic E-state index is 11.6. The smallest absolute Gasteiger partial charge is 0.233 e. The fraction of sp³-hybridized carbons (Fsp3) is 0.500.